The highest BCUT2D eigenvalue weighted by Gasteiger charge is 2.11. The number of benzene rings is 1. The highest BCUT2D eigenvalue weighted by molar-refractivity contribution is 9.10. The Labute approximate surface area is 127 Å². The molecule has 0 aliphatic rings. The summed E-state index contributed by atoms with van der Waals surface area (Å²) in [6.07, 6.45) is 0. The number of rotatable bonds is 5. The SMILES string of the molecule is CCOc1ccc(N)c(S(=O)Cc2cc(Br)cs2)c1. The second-order valence-electron chi connectivity index (χ2n) is 3.85. The summed E-state index contributed by atoms with van der Waals surface area (Å²) in [7, 11) is -1.16. The fourth-order valence-corrected chi connectivity index (χ4v) is 4.51. The molecule has 1 aromatic carbocycles. The molecule has 1 unspecified atom stereocenters. The minimum Gasteiger partial charge on any atom is -0.494 e. The maximum absolute atomic E-state index is 12.4. The number of halogens is 1. The maximum Gasteiger partial charge on any atom is 0.120 e. The van der Waals surface area contributed by atoms with Crippen molar-refractivity contribution in [2.75, 3.05) is 12.3 Å². The van der Waals surface area contributed by atoms with Gasteiger partial charge in [0.15, 0.2) is 0 Å². The van der Waals surface area contributed by atoms with E-state index in [-0.39, 0.29) is 0 Å². The molecule has 102 valence electrons. The van der Waals surface area contributed by atoms with Crippen molar-refractivity contribution < 1.29 is 8.95 Å². The lowest BCUT2D eigenvalue weighted by atomic mass is 10.3. The number of hydrogen-bond acceptors (Lipinski definition) is 4. The van der Waals surface area contributed by atoms with Gasteiger partial charge in [0.05, 0.1) is 28.1 Å². The topological polar surface area (TPSA) is 52.3 Å². The van der Waals surface area contributed by atoms with E-state index in [2.05, 4.69) is 15.9 Å². The lowest BCUT2D eigenvalue weighted by Gasteiger charge is -2.08. The molecule has 2 aromatic rings. The van der Waals surface area contributed by atoms with Gasteiger partial charge in [0.25, 0.3) is 0 Å². The van der Waals surface area contributed by atoms with E-state index in [9.17, 15) is 4.21 Å². The summed E-state index contributed by atoms with van der Waals surface area (Å²) in [5.74, 6) is 1.17. The summed E-state index contributed by atoms with van der Waals surface area (Å²) in [6, 6.07) is 7.27. The second-order valence-corrected chi connectivity index (χ2v) is 7.18. The molecule has 0 radical (unpaired) electrons. The molecule has 6 heteroatoms. The molecule has 0 amide bonds. The highest BCUT2D eigenvalue weighted by Crippen LogP contribution is 2.27. The Bertz CT molecular complexity index is 598. The first-order valence-electron chi connectivity index (χ1n) is 5.73. The minimum absolute atomic E-state index is 0.468. The van der Waals surface area contributed by atoms with E-state index in [0.717, 1.165) is 9.35 Å². The summed E-state index contributed by atoms with van der Waals surface area (Å²) in [4.78, 5) is 1.70. The molecule has 19 heavy (non-hydrogen) atoms. The number of nitrogens with two attached hydrogens (primary N) is 1. The Hall–Kier alpha value is -0.850. The molecule has 1 heterocycles. The van der Waals surface area contributed by atoms with Gasteiger partial charge in [0.1, 0.15) is 5.75 Å². The number of nitrogen functional groups attached to an aromatic ring is 1. The predicted molar refractivity (Wildman–Crippen MR) is 84.2 cm³/mol. The number of anilines is 1. The molecule has 0 aliphatic carbocycles. The standard InChI is InChI=1S/C13H14BrNO2S2/c1-2-17-10-3-4-12(15)13(6-10)19(16)8-11-5-9(14)7-18-11/h3-7H,2,8,15H2,1H3. The van der Waals surface area contributed by atoms with Crippen LogP contribution in [0.3, 0.4) is 0 Å². The first kappa shape index (κ1) is 14.6. The van der Waals surface area contributed by atoms with Crippen LogP contribution >= 0.6 is 27.3 Å². The molecule has 0 saturated carbocycles. The van der Waals surface area contributed by atoms with Crippen LogP contribution in [0.2, 0.25) is 0 Å². The third kappa shape index (κ3) is 3.81. The Kier molecular flexibility index (Phi) is 5.01. The normalized spacial score (nSPS) is 12.3. The van der Waals surface area contributed by atoms with Crippen molar-refractivity contribution >= 4 is 43.8 Å². The van der Waals surface area contributed by atoms with Crippen molar-refractivity contribution in [3.63, 3.8) is 0 Å². The maximum atomic E-state index is 12.4. The zero-order chi connectivity index (χ0) is 13.8. The number of hydrogen-bond donors (Lipinski definition) is 1. The first-order valence-corrected chi connectivity index (χ1v) is 8.73. The minimum atomic E-state index is -1.16. The number of thiophene rings is 1. The summed E-state index contributed by atoms with van der Waals surface area (Å²) in [5, 5.41) is 1.98. The fraction of sp³-hybridized carbons (Fsp3) is 0.231. The van der Waals surface area contributed by atoms with Crippen LogP contribution in [-0.4, -0.2) is 10.8 Å². The molecule has 0 saturated heterocycles. The quantitative estimate of drug-likeness (QED) is 0.826. The Morgan fingerprint density at radius 1 is 1.42 bits per heavy atom. The van der Waals surface area contributed by atoms with Crippen molar-refractivity contribution in [1.82, 2.24) is 0 Å². The smallest absolute Gasteiger partial charge is 0.120 e. The molecule has 3 nitrogen and oxygen atoms in total. The van der Waals surface area contributed by atoms with E-state index in [0.29, 0.717) is 28.7 Å². The molecular formula is C13H14BrNO2S2. The van der Waals surface area contributed by atoms with Gasteiger partial charge in [-0.1, -0.05) is 0 Å². The third-order valence-electron chi connectivity index (χ3n) is 2.44. The Balaban J connectivity index is 2.20. The Morgan fingerprint density at radius 2 is 2.21 bits per heavy atom. The largest absolute Gasteiger partial charge is 0.494 e. The van der Waals surface area contributed by atoms with Crippen LogP contribution in [0.25, 0.3) is 0 Å². The molecule has 1 atom stereocenters. The molecule has 0 fully saturated rings. The van der Waals surface area contributed by atoms with Gasteiger partial charge in [-0.2, -0.15) is 0 Å². The number of ether oxygens (including phenoxy) is 1. The first-order chi connectivity index (χ1) is 9.10. The molecule has 0 spiro atoms. The van der Waals surface area contributed by atoms with Crippen molar-refractivity contribution in [1.29, 1.82) is 0 Å². The lowest BCUT2D eigenvalue weighted by Crippen LogP contribution is -2.01. The van der Waals surface area contributed by atoms with E-state index in [1.54, 1.807) is 29.5 Å². The van der Waals surface area contributed by atoms with Crippen molar-refractivity contribution in [3.05, 3.63) is 39.0 Å². The van der Waals surface area contributed by atoms with Crippen LogP contribution in [0.5, 0.6) is 5.75 Å². The summed E-state index contributed by atoms with van der Waals surface area (Å²) < 4.78 is 18.8. The monoisotopic (exact) mass is 359 g/mol. The van der Waals surface area contributed by atoms with Crippen molar-refractivity contribution in [3.8, 4) is 5.75 Å². The molecule has 0 bridgehead atoms. The van der Waals surface area contributed by atoms with Crippen LogP contribution in [0, 0.1) is 0 Å². The van der Waals surface area contributed by atoms with Gasteiger partial charge in [0, 0.05) is 20.4 Å². The summed E-state index contributed by atoms with van der Waals surface area (Å²) in [5.41, 5.74) is 6.43. The summed E-state index contributed by atoms with van der Waals surface area (Å²) >= 11 is 4.97. The third-order valence-corrected chi connectivity index (χ3v) is 5.73. The Morgan fingerprint density at radius 3 is 2.84 bits per heavy atom. The molecule has 1 aromatic heterocycles. The van der Waals surface area contributed by atoms with E-state index in [1.165, 1.54) is 0 Å². The molecule has 2 rings (SSSR count). The van der Waals surface area contributed by atoms with Gasteiger partial charge in [-0.3, -0.25) is 4.21 Å². The van der Waals surface area contributed by atoms with E-state index in [4.69, 9.17) is 10.5 Å². The van der Waals surface area contributed by atoms with Gasteiger partial charge in [0.2, 0.25) is 0 Å². The zero-order valence-corrected chi connectivity index (χ0v) is 13.6. The van der Waals surface area contributed by atoms with Gasteiger partial charge < -0.3 is 10.5 Å². The average Bonchev–Trinajstić information content (AvgIpc) is 2.77. The second kappa shape index (κ2) is 6.54. The fourth-order valence-electron chi connectivity index (χ4n) is 1.60. The van der Waals surface area contributed by atoms with Gasteiger partial charge in [-0.15, -0.1) is 11.3 Å². The van der Waals surface area contributed by atoms with E-state index >= 15 is 0 Å². The molecule has 0 aliphatic heterocycles. The van der Waals surface area contributed by atoms with Gasteiger partial charge in [-0.25, -0.2) is 0 Å². The van der Waals surface area contributed by atoms with Crippen molar-refractivity contribution in [2.24, 2.45) is 0 Å². The zero-order valence-electron chi connectivity index (χ0n) is 10.4. The van der Waals surface area contributed by atoms with Crippen LogP contribution in [0.15, 0.2) is 39.0 Å². The summed E-state index contributed by atoms with van der Waals surface area (Å²) in [6.45, 7) is 2.49. The van der Waals surface area contributed by atoms with E-state index in [1.807, 2.05) is 18.4 Å². The lowest BCUT2D eigenvalue weighted by molar-refractivity contribution is 0.339. The van der Waals surface area contributed by atoms with Gasteiger partial charge in [-0.05, 0) is 47.1 Å². The average molecular weight is 360 g/mol. The highest BCUT2D eigenvalue weighted by atomic mass is 79.9. The van der Waals surface area contributed by atoms with Crippen LogP contribution in [-0.2, 0) is 16.6 Å². The molecular weight excluding hydrogens is 346 g/mol. The molecule has 2 N–H and O–H groups in total. The van der Waals surface area contributed by atoms with Gasteiger partial charge >= 0.3 is 0 Å². The van der Waals surface area contributed by atoms with E-state index < -0.39 is 10.8 Å². The van der Waals surface area contributed by atoms with Crippen LogP contribution in [0.1, 0.15) is 11.8 Å². The van der Waals surface area contributed by atoms with Crippen LogP contribution < -0.4 is 10.5 Å². The van der Waals surface area contributed by atoms with Crippen LogP contribution in [0.4, 0.5) is 5.69 Å². The van der Waals surface area contributed by atoms with Crippen molar-refractivity contribution in [2.45, 2.75) is 17.6 Å². The predicted octanol–water partition coefficient (Wildman–Crippen LogP) is 3.80.